The molecule has 0 spiro atoms. The lowest BCUT2D eigenvalue weighted by molar-refractivity contribution is -0.140. The molecule has 1 aliphatic rings. The normalized spacial score (nSPS) is 12.7. The van der Waals surface area contributed by atoms with Crippen molar-refractivity contribution < 1.29 is 19.1 Å². The van der Waals surface area contributed by atoms with Crippen LogP contribution in [0.1, 0.15) is 24.0 Å². The number of rotatable bonds is 6. The number of amides is 1. The van der Waals surface area contributed by atoms with Crippen LogP contribution in [0, 0.1) is 0 Å². The molecule has 2 rings (SSSR count). The van der Waals surface area contributed by atoms with Gasteiger partial charge >= 0.3 is 5.97 Å². The van der Waals surface area contributed by atoms with E-state index >= 15 is 0 Å². The van der Waals surface area contributed by atoms with E-state index in [2.05, 4.69) is 16.1 Å². The van der Waals surface area contributed by atoms with Crippen LogP contribution in [0.25, 0.3) is 0 Å². The molecule has 1 aromatic carbocycles. The van der Waals surface area contributed by atoms with Crippen molar-refractivity contribution in [1.29, 1.82) is 0 Å². The molecule has 5 heteroatoms. The Balaban J connectivity index is 1.72. The molecule has 0 atom stereocenters. The van der Waals surface area contributed by atoms with Gasteiger partial charge in [0.05, 0.1) is 13.5 Å². The Hall–Kier alpha value is -2.04. The van der Waals surface area contributed by atoms with Crippen LogP contribution in [-0.2, 0) is 27.2 Å². The number of hydrogen-bond acceptors (Lipinski definition) is 4. The molecule has 0 aromatic heterocycles. The third kappa shape index (κ3) is 3.98. The summed E-state index contributed by atoms with van der Waals surface area (Å²) in [5.41, 5.74) is 2.69. The maximum Gasteiger partial charge on any atom is 0.307 e. The van der Waals surface area contributed by atoms with Gasteiger partial charge in [0.25, 0.3) is 5.91 Å². The highest BCUT2D eigenvalue weighted by Crippen LogP contribution is 2.25. The average Bonchev–Trinajstić information content (AvgIpc) is 2.92. The molecule has 1 aromatic rings. The van der Waals surface area contributed by atoms with E-state index in [0.29, 0.717) is 5.75 Å². The van der Waals surface area contributed by atoms with Crippen LogP contribution in [0.2, 0.25) is 0 Å². The molecule has 1 N–H and O–H groups in total. The highest BCUT2D eigenvalue weighted by molar-refractivity contribution is 5.78. The summed E-state index contributed by atoms with van der Waals surface area (Å²) in [4.78, 5) is 22.4. The molecular weight excluding hydrogens is 258 g/mol. The van der Waals surface area contributed by atoms with Crippen molar-refractivity contribution in [3.8, 4) is 5.75 Å². The van der Waals surface area contributed by atoms with E-state index in [9.17, 15) is 9.59 Å². The van der Waals surface area contributed by atoms with Crippen LogP contribution in [0.15, 0.2) is 18.2 Å². The van der Waals surface area contributed by atoms with Crippen LogP contribution in [0.5, 0.6) is 5.75 Å². The predicted octanol–water partition coefficient (Wildman–Crippen LogP) is 1.23. The monoisotopic (exact) mass is 277 g/mol. The number of esters is 1. The molecule has 0 saturated heterocycles. The van der Waals surface area contributed by atoms with Crippen molar-refractivity contribution in [3.63, 3.8) is 0 Å². The van der Waals surface area contributed by atoms with Gasteiger partial charge in [-0.15, -0.1) is 0 Å². The zero-order chi connectivity index (χ0) is 14.4. The Kier molecular flexibility index (Phi) is 4.98. The van der Waals surface area contributed by atoms with Crippen LogP contribution >= 0.6 is 0 Å². The minimum atomic E-state index is -0.343. The van der Waals surface area contributed by atoms with E-state index in [1.165, 1.54) is 24.7 Å². The quantitative estimate of drug-likeness (QED) is 0.794. The largest absolute Gasteiger partial charge is 0.484 e. The zero-order valence-electron chi connectivity index (χ0n) is 11.6. The van der Waals surface area contributed by atoms with Gasteiger partial charge in [-0.2, -0.15) is 0 Å². The lowest BCUT2D eigenvalue weighted by Gasteiger charge is -2.08. The highest BCUT2D eigenvalue weighted by atomic mass is 16.5. The second kappa shape index (κ2) is 6.93. The topological polar surface area (TPSA) is 64.6 Å². The number of hydrogen-bond donors (Lipinski definition) is 1. The Labute approximate surface area is 118 Å². The second-order valence-electron chi connectivity index (χ2n) is 4.75. The van der Waals surface area contributed by atoms with E-state index in [4.69, 9.17) is 4.74 Å². The fraction of sp³-hybridized carbons (Fsp3) is 0.467. The first-order valence-corrected chi connectivity index (χ1v) is 6.77. The van der Waals surface area contributed by atoms with Gasteiger partial charge in [0.15, 0.2) is 6.61 Å². The van der Waals surface area contributed by atoms with Crippen molar-refractivity contribution in [2.45, 2.75) is 25.7 Å². The van der Waals surface area contributed by atoms with Gasteiger partial charge in [-0.05, 0) is 42.5 Å². The van der Waals surface area contributed by atoms with Gasteiger partial charge in [-0.3, -0.25) is 9.59 Å². The number of benzene rings is 1. The molecule has 0 saturated carbocycles. The van der Waals surface area contributed by atoms with Crippen LogP contribution in [0.3, 0.4) is 0 Å². The van der Waals surface area contributed by atoms with E-state index in [0.717, 1.165) is 12.8 Å². The summed E-state index contributed by atoms with van der Waals surface area (Å²) in [5, 5.41) is 2.61. The van der Waals surface area contributed by atoms with E-state index in [-0.39, 0.29) is 31.4 Å². The smallest absolute Gasteiger partial charge is 0.307 e. The average molecular weight is 277 g/mol. The highest BCUT2D eigenvalue weighted by Gasteiger charge is 2.11. The summed E-state index contributed by atoms with van der Waals surface area (Å²) in [6.07, 6.45) is 3.56. The number of aryl methyl sites for hydroxylation is 2. The van der Waals surface area contributed by atoms with Crippen molar-refractivity contribution >= 4 is 11.9 Å². The van der Waals surface area contributed by atoms with Gasteiger partial charge in [-0.25, -0.2) is 0 Å². The fourth-order valence-corrected chi connectivity index (χ4v) is 2.24. The van der Waals surface area contributed by atoms with Gasteiger partial charge in [0.1, 0.15) is 5.75 Å². The summed E-state index contributed by atoms with van der Waals surface area (Å²) in [5.74, 6) is 0.132. The molecule has 5 nitrogen and oxygen atoms in total. The van der Waals surface area contributed by atoms with Gasteiger partial charge < -0.3 is 14.8 Å². The van der Waals surface area contributed by atoms with Crippen molar-refractivity contribution in [2.75, 3.05) is 20.3 Å². The molecule has 0 aliphatic heterocycles. The standard InChI is InChI=1S/C15H19NO4/c1-19-15(18)7-8-16-14(17)10-20-13-6-5-11-3-2-4-12(11)9-13/h5-6,9H,2-4,7-8,10H2,1H3,(H,16,17). The molecular formula is C15H19NO4. The summed E-state index contributed by atoms with van der Waals surface area (Å²) in [6.45, 7) is 0.221. The molecule has 0 heterocycles. The molecule has 0 fully saturated rings. The Morgan fingerprint density at radius 2 is 2.05 bits per heavy atom. The Morgan fingerprint density at radius 1 is 1.25 bits per heavy atom. The first kappa shape index (κ1) is 14.4. The van der Waals surface area contributed by atoms with E-state index in [1.807, 2.05) is 12.1 Å². The predicted molar refractivity (Wildman–Crippen MR) is 73.6 cm³/mol. The summed E-state index contributed by atoms with van der Waals surface area (Å²) < 4.78 is 9.93. The SMILES string of the molecule is COC(=O)CCNC(=O)COc1ccc2c(c1)CCC2. The van der Waals surface area contributed by atoms with Crippen LogP contribution in [0.4, 0.5) is 0 Å². The summed E-state index contributed by atoms with van der Waals surface area (Å²) in [6, 6.07) is 5.96. The number of carbonyl (C=O) groups is 2. The van der Waals surface area contributed by atoms with Crippen molar-refractivity contribution in [1.82, 2.24) is 5.32 Å². The van der Waals surface area contributed by atoms with Gasteiger partial charge in [-0.1, -0.05) is 6.07 Å². The summed E-state index contributed by atoms with van der Waals surface area (Å²) >= 11 is 0. The molecule has 1 amide bonds. The van der Waals surface area contributed by atoms with Crippen LogP contribution in [-0.4, -0.2) is 32.1 Å². The van der Waals surface area contributed by atoms with Crippen LogP contribution < -0.4 is 10.1 Å². The minimum absolute atomic E-state index is 0.0417. The van der Waals surface area contributed by atoms with Gasteiger partial charge in [0, 0.05) is 6.54 Å². The maximum atomic E-state index is 11.5. The Morgan fingerprint density at radius 3 is 2.85 bits per heavy atom. The molecule has 108 valence electrons. The molecule has 0 radical (unpaired) electrons. The third-order valence-corrected chi connectivity index (χ3v) is 3.32. The lowest BCUT2D eigenvalue weighted by atomic mass is 10.1. The third-order valence-electron chi connectivity index (χ3n) is 3.32. The van der Waals surface area contributed by atoms with E-state index in [1.54, 1.807) is 0 Å². The number of methoxy groups -OCH3 is 1. The van der Waals surface area contributed by atoms with Crippen molar-refractivity contribution in [2.24, 2.45) is 0 Å². The summed E-state index contributed by atoms with van der Waals surface area (Å²) in [7, 11) is 1.32. The maximum absolute atomic E-state index is 11.5. The zero-order valence-corrected chi connectivity index (χ0v) is 11.6. The van der Waals surface area contributed by atoms with Crippen molar-refractivity contribution in [3.05, 3.63) is 29.3 Å². The first-order chi connectivity index (χ1) is 9.69. The minimum Gasteiger partial charge on any atom is -0.484 e. The molecule has 1 aliphatic carbocycles. The molecule has 0 bridgehead atoms. The second-order valence-corrected chi connectivity index (χ2v) is 4.75. The molecule has 0 unspecified atom stereocenters. The Bertz CT molecular complexity index is 499. The lowest BCUT2D eigenvalue weighted by Crippen LogP contribution is -2.30. The fourth-order valence-electron chi connectivity index (χ4n) is 2.24. The number of ether oxygens (including phenoxy) is 2. The first-order valence-electron chi connectivity index (χ1n) is 6.77. The number of carbonyl (C=O) groups excluding carboxylic acids is 2. The molecule has 20 heavy (non-hydrogen) atoms. The van der Waals surface area contributed by atoms with Gasteiger partial charge in [0.2, 0.25) is 0 Å². The number of nitrogens with one attached hydrogen (secondary N) is 1. The van der Waals surface area contributed by atoms with E-state index < -0.39 is 0 Å². The number of fused-ring (bicyclic) bond motifs is 1.